The Hall–Kier alpha value is -0.130. The molecule has 1 aliphatic carbocycles. The second kappa shape index (κ2) is 6.55. The van der Waals surface area contributed by atoms with Crippen molar-refractivity contribution in [3.05, 3.63) is 0 Å². The molecule has 0 aromatic heterocycles. The normalized spacial score (nSPS) is 27.2. The van der Waals surface area contributed by atoms with Crippen molar-refractivity contribution in [2.45, 2.75) is 70.3 Å². The van der Waals surface area contributed by atoms with Crippen LogP contribution in [0.4, 0.5) is 0 Å². The van der Waals surface area contributed by atoms with Gasteiger partial charge in [0.1, 0.15) is 0 Å². The van der Waals surface area contributed by atoms with Gasteiger partial charge in [-0.15, -0.1) is 0 Å². The Balaban J connectivity index is 2.49. The van der Waals surface area contributed by atoms with Crippen molar-refractivity contribution in [2.75, 3.05) is 12.3 Å². The molecule has 0 bridgehead atoms. The highest BCUT2D eigenvalue weighted by Gasteiger charge is 2.31. The molecule has 3 unspecified atom stereocenters. The summed E-state index contributed by atoms with van der Waals surface area (Å²) in [5.74, 6) is 0.367. The van der Waals surface area contributed by atoms with Crippen LogP contribution >= 0.6 is 0 Å². The molecular weight excluding hydrogens is 262 g/mol. The van der Waals surface area contributed by atoms with E-state index in [1.807, 2.05) is 20.8 Å². The molecule has 5 heteroatoms. The lowest BCUT2D eigenvalue weighted by atomic mass is 9.91. The van der Waals surface area contributed by atoms with Gasteiger partial charge in [-0.25, -0.2) is 8.42 Å². The molecule has 114 valence electrons. The van der Waals surface area contributed by atoms with E-state index in [-0.39, 0.29) is 16.5 Å². The lowest BCUT2D eigenvalue weighted by Crippen LogP contribution is -2.44. The molecule has 4 nitrogen and oxygen atoms in total. The van der Waals surface area contributed by atoms with E-state index in [2.05, 4.69) is 12.2 Å². The molecular formula is C14H29NO3S. The SMILES string of the molecule is CC1CCCC(S(=O)(=O)CC(O)CNC(C)(C)C)C1. The quantitative estimate of drug-likeness (QED) is 0.809. The fourth-order valence-electron chi connectivity index (χ4n) is 2.59. The maximum Gasteiger partial charge on any atom is 0.155 e. The molecule has 0 radical (unpaired) electrons. The highest BCUT2D eigenvalue weighted by atomic mass is 32.2. The summed E-state index contributed by atoms with van der Waals surface area (Å²) in [4.78, 5) is 0. The van der Waals surface area contributed by atoms with Crippen LogP contribution < -0.4 is 5.32 Å². The van der Waals surface area contributed by atoms with Gasteiger partial charge in [0.05, 0.1) is 17.1 Å². The van der Waals surface area contributed by atoms with Gasteiger partial charge < -0.3 is 10.4 Å². The number of rotatable bonds is 5. The Bertz CT molecular complexity index is 373. The number of hydrogen-bond donors (Lipinski definition) is 2. The van der Waals surface area contributed by atoms with Crippen LogP contribution in [0.15, 0.2) is 0 Å². The summed E-state index contributed by atoms with van der Waals surface area (Å²) in [6.07, 6.45) is 2.80. The van der Waals surface area contributed by atoms with E-state index in [0.29, 0.717) is 12.5 Å². The van der Waals surface area contributed by atoms with Gasteiger partial charge in [-0.05, 0) is 39.5 Å². The molecule has 19 heavy (non-hydrogen) atoms. The van der Waals surface area contributed by atoms with Crippen LogP contribution in [-0.2, 0) is 9.84 Å². The van der Waals surface area contributed by atoms with Gasteiger partial charge in [0.25, 0.3) is 0 Å². The fraction of sp³-hybridized carbons (Fsp3) is 1.00. The zero-order chi connectivity index (χ0) is 14.7. The number of hydrogen-bond acceptors (Lipinski definition) is 4. The predicted octanol–water partition coefficient (Wildman–Crippen LogP) is 1.73. The third kappa shape index (κ3) is 6.23. The maximum absolute atomic E-state index is 12.3. The topological polar surface area (TPSA) is 66.4 Å². The van der Waals surface area contributed by atoms with Crippen LogP contribution in [0.3, 0.4) is 0 Å². The summed E-state index contributed by atoms with van der Waals surface area (Å²) in [7, 11) is -3.17. The summed E-state index contributed by atoms with van der Waals surface area (Å²) in [5.41, 5.74) is -0.107. The largest absolute Gasteiger partial charge is 0.391 e. The average Bonchev–Trinajstić information content (AvgIpc) is 2.25. The van der Waals surface area contributed by atoms with E-state index in [0.717, 1.165) is 25.7 Å². The minimum Gasteiger partial charge on any atom is -0.391 e. The van der Waals surface area contributed by atoms with Crippen molar-refractivity contribution in [1.82, 2.24) is 5.32 Å². The first kappa shape index (κ1) is 16.9. The number of nitrogens with one attached hydrogen (secondary N) is 1. The lowest BCUT2D eigenvalue weighted by molar-refractivity contribution is 0.180. The smallest absolute Gasteiger partial charge is 0.155 e. The molecule has 1 rings (SSSR count). The van der Waals surface area contributed by atoms with Crippen molar-refractivity contribution in [2.24, 2.45) is 5.92 Å². The Morgan fingerprint density at radius 1 is 1.32 bits per heavy atom. The van der Waals surface area contributed by atoms with Gasteiger partial charge in [0, 0.05) is 12.1 Å². The molecule has 1 fully saturated rings. The zero-order valence-electron chi connectivity index (χ0n) is 12.6. The van der Waals surface area contributed by atoms with E-state index < -0.39 is 15.9 Å². The molecule has 0 amide bonds. The average molecular weight is 291 g/mol. The first-order valence-corrected chi connectivity index (χ1v) is 8.96. The summed E-state index contributed by atoms with van der Waals surface area (Å²) in [6.45, 7) is 8.43. The summed E-state index contributed by atoms with van der Waals surface area (Å²) in [5, 5.41) is 12.8. The molecule has 0 heterocycles. The van der Waals surface area contributed by atoms with Gasteiger partial charge in [-0.3, -0.25) is 0 Å². The highest BCUT2D eigenvalue weighted by Crippen LogP contribution is 2.28. The van der Waals surface area contributed by atoms with Gasteiger partial charge in [0.15, 0.2) is 9.84 Å². The monoisotopic (exact) mass is 291 g/mol. The molecule has 1 aliphatic rings. The van der Waals surface area contributed by atoms with Crippen LogP contribution in [0.1, 0.15) is 53.4 Å². The van der Waals surface area contributed by atoms with Crippen molar-refractivity contribution in [3.63, 3.8) is 0 Å². The van der Waals surface area contributed by atoms with Gasteiger partial charge >= 0.3 is 0 Å². The molecule has 0 aliphatic heterocycles. The predicted molar refractivity (Wildman–Crippen MR) is 79.0 cm³/mol. The fourth-order valence-corrected chi connectivity index (χ4v) is 4.67. The van der Waals surface area contributed by atoms with E-state index in [1.165, 1.54) is 0 Å². The first-order valence-electron chi connectivity index (χ1n) is 7.25. The number of β-amino-alcohol motifs (C(OH)–C–C–N with tert-alkyl or cyclic N) is 1. The Kier molecular flexibility index (Phi) is 5.83. The van der Waals surface area contributed by atoms with Crippen LogP contribution in [0.5, 0.6) is 0 Å². The van der Waals surface area contributed by atoms with Crippen molar-refractivity contribution in [3.8, 4) is 0 Å². The highest BCUT2D eigenvalue weighted by molar-refractivity contribution is 7.92. The van der Waals surface area contributed by atoms with Crippen molar-refractivity contribution in [1.29, 1.82) is 0 Å². The van der Waals surface area contributed by atoms with E-state index >= 15 is 0 Å². The van der Waals surface area contributed by atoms with Gasteiger partial charge in [0.2, 0.25) is 0 Å². The van der Waals surface area contributed by atoms with Crippen molar-refractivity contribution < 1.29 is 13.5 Å². The second-order valence-corrected chi connectivity index (χ2v) is 9.33. The van der Waals surface area contributed by atoms with E-state index in [1.54, 1.807) is 0 Å². The minimum atomic E-state index is -3.17. The van der Waals surface area contributed by atoms with Gasteiger partial charge in [-0.2, -0.15) is 0 Å². The molecule has 1 saturated carbocycles. The molecule has 2 N–H and O–H groups in total. The maximum atomic E-state index is 12.3. The molecule has 3 atom stereocenters. The van der Waals surface area contributed by atoms with Crippen LogP contribution in [0, 0.1) is 5.92 Å². The second-order valence-electron chi connectivity index (χ2n) is 7.01. The molecule has 0 saturated heterocycles. The third-order valence-corrected chi connectivity index (χ3v) is 5.98. The number of aliphatic hydroxyl groups is 1. The lowest BCUT2D eigenvalue weighted by Gasteiger charge is -2.28. The third-order valence-electron chi connectivity index (χ3n) is 3.69. The molecule has 0 spiro atoms. The summed E-state index contributed by atoms with van der Waals surface area (Å²) < 4.78 is 24.6. The first-order chi connectivity index (χ1) is 8.60. The minimum absolute atomic E-state index is 0.107. The zero-order valence-corrected chi connectivity index (χ0v) is 13.5. The standard InChI is InChI=1S/C14H29NO3S/c1-11-6-5-7-13(8-11)19(17,18)10-12(16)9-15-14(2,3)4/h11-13,15-16H,5-10H2,1-4H3. The van der Waals surface area contributed by atoms with Gasteiger partial charge in [-0.1, -0.05) is 19.8 Å². The Labute approximate surface area is 117 Å². The summed E-state index contributed by atoms with van der Waals surface area (Å²) >= 11 is 0. The Morgan fingerprint density at radius 2 is 1.95 bits per heavy atom. The van der Waals surface area contributed by atoms with Crippen LogP contribution in [-0.4, -0.2) is 42.7 Å². The van der Waals surface area contributed by atoms with Crippen LogP contribution in [0.25, 0.3) is 0 Å². The Morgan fingerprint density at radius 3 is 2.47 bits per heavy atom. The van der Waals surface area contributed by atoms with E-state index in [9.17, 15) is 13.5 Å². The van der Waals surface area contributed by atoms with Crippen LogP contribution in [0.2, 0.25) is 0 Å². The molecule has 0 aromatic rings. The molecule has 0 aromatic carbocycles. The number of aliphatic hydroxyl groups excluding tert-OH is 1. The van der Waals surface area contributed by atoms with Crippen molar-refractivity contribution >= 4 is 9.84 Å². The summed E-state index contributed by atoms with van der Waals surface area (Å²) in [6, 6.07) is 0. The number of sulfone groups is 1. The van der Waals surface area contributed by atoms with E-state index in [4.69, 9.17) is 0 Å².